The largest absolute Gasteiger partial charge is 0.318 e. The molecular formula is C13H10N2O4S. The summed E-state index contributed by atoms with van der Waals surface area (Å²) in [6.45, 7) is 0. The average Bonchev–Trinajstić information content (AvgIpc) is 2.74. The molecule has 7 heteroatoms. The van der Waals surface area contributed by atoms with Crippen molar-refractivity contribution in [3.63, 3.8) is 0 Å². The predicted molar refractivity (Wildman–Crippen MR) is 73.2 cm³/mol. The zero-order valence-electron chi connectivity index (χ0n) is 10.4. The van der Waals surface area contributed by atoms with Gasteiger partial charge in [0.1, 0.15) is 0 Å². The molecule has 0 spiro atoms. The molecule has 102 valence electrons. The molecule has 0 aliphatic carbocycles. The number of ketones is 1. The first-order valence-electron chi connectivity index (χ1n) is 5.80. The second kappa shape index (κ2) is 4.12. The first-order chi connectivity index (χ1) is 9.45. The Balaban J connectivity index is 2.39. The quantitative estimate of drug-likeness (QED) is 0.803. The number of rotatable bonds is 2. The Bertz CT molecular complexity index is 871. The first kappa shape index (κ1) is 12.8. The van der Waals surface area contributed by atoms with Gasteiger partial charge in [0.2, 0.25) is 10.0 Å². The van der Waals surface area contributed by atoms with Crippen LogP contribution in [0.15, 0.2) is 35.2 Å². The third kappa shape index (κ3) is 1.64. The van der Waals surface area contributed by atoms with Crippen LogP contribution in [0, 0.1) is 0 Å². The Labute approximate surface area is 114 Å². The first-order valence-corrected chi connectivity index (χ1v) is 7.29. The lowest BCUT2D eigenvalue weighted by molar-refractivity contribution is -0.112. The van der Waals surface area contributed by atoms with Crippen LogP contribution in [-0.2, 0) is 14.8 Å². The molecule has 0 unspecified atom stereocenters. The zero-order chi connectivity index (χ0) is 14.5. The van der Waals surface area contributed by atoms with Crippen LogP contribution in [0.25, 0.3) is 10.8 Å². The van der Waals surface area contributed by atoms with E-state index in [1.165, 1.54) is 25.2 Å². The van der Waals surface area contributed by atoms with Gasteiger partial charge in [-0.1, -0.05) is 18.2 Å². The van der Waals surface area contributed by atoms with Gasteiger partial charge in [-0.2, -0.15) is 0 Å². The van der Waals surface area contributed by atoms with Crippen LogP contribution in [0.5, 0.6) is 0 Å². The molecule has 20 heavy (non-hydrogen) atoms. The number of carbonyl (C=O) groups is 2. The highest BCUT2D eigenvalue weighted by Crippen LogP contribution is 2.34. The van der Waals surface area contributed by atoms with Gasteiger partial charge < -0.3 is 5.32 Å². The summed E-state index contributed by atoms with van der Waals surface area (Å²) in [7, 11) is -2.29. The number of carbonyl (C=O) groups excluding carboxylic acids is 2. The van der Waals surface area contributed by atoms with E-state index < -0.39 is 21.7 Å². The van der Waals surface area contributed by atoms with Gasteiger partial charge in [-0.05, 0) is 19.2 Å². The van der Waals surface area contributed by atoms with Crippen molar-refractivity contribution in [3.05, 3.63) is 35.9 Å². The van der Waals surface area contributed by atoms with Crippen molar-refractivity contribution in [2.75, 3.05) is 12.4 Å². The van der Waals surface area contributed by atoms with E-state index in [1.54, 1.807) is 12.1 Å². The maximum absolute atomic E-state index is 12.0. The molecular weight excluding hydrogens is 280 g/mol. The van der Waals surface area contributed by atoms with Gasteiger partial charge in [0.25, 0.3) is 11.7 Å². The van der Waals surface area contributed by atoms with Gasteiger partial charge in [-0.15, -0.1) is 0 Å². The predicted octanol–water partition coefficient (Wildman–Crippen LogP) is 0.883. The summed E-state index contributed by atoms with van der Waals surface area (Å²) < 4.78 is 26.2. The SMILES string of the molecule is CNS(=O)(=O)c1cccc2c3c(ccc12)C(=O)C(=O)N3. The molecule has 2 N–H and O–H groups in total. The highest BCUT2D eigenvalue weighted by Gasteiger charge is 2.30. The molecule has 0 radical (unpaired) electrons. The van der Waals surface area contributed by atoms with Crippen molar-refractivity contribution in [1.82, 2.24) is 4.72 Å². The van der Waals surface area contributed by atoms with E-state index in [1.807, 2.05) is 0 Å². The van der Waals surface area contributed by atoms with Gasteiger partial charge >= 0.3 is 0 Å². The average molecular weight is 290 g/mol. The maximum Gasteiger partial charge on any atom is 0.296 e. The Kier molecular flexibility index (Phi) is 2.63. The van der Waals surface area contributed by atoms with Gasteiger partial charge in [0, 0.05) is 10.8 Å². The van der Waals surface area contributed by atoms with Crippen LogP contribution < -0.4 is 10.0 Å². The van der Waals surface area contributed by atoms with Gasteiger partial charge in [-0.25, -0.2) is 13.1 Å². The monoisotopic (exact) mass is 290 g/mol. The van der Waals surface area contributed by atoms with Crippen molar-refractivity contribution < 1.29 is 18.0 Å². The van der Waals surface area contributed by atoms with Crippen molar-refractivity contribution >= 4 is 38.2 Å². The lowest BCUT2D eigenvalue weighted by Crippen LogP contribution is -2.18. The molecule has 1 heterocycles. The normalized spacial score (nSPS) is 14.4. The molecule has 0 saturated carbocycles. The topological polar surface area (TPSA) is 92.3 Å². The molecule has 0 saturated heterocycles. The molecule has 2 aromatic rings. The Morgan fingerprint density at radius 1 is 1.05 bits per heavy atom. The second-order valence-electron chi connectivity index (χ2n) is 4.33. The van der Waals surface area contributed by atoms with E-state index in [2.05, 4.69) is 10.0 Å². The number of nitrogens with one attached hydrogen (secondary N) is 2. The number of amides is 1. The summed E-state index contributed by atoms with van der Waals surface area (Å²) in [6, 6.07) is 7.71. The highest BCUT2D eigenvalue weighted by atomic mass is 32.2. The minimum atomic E-state index is -3.62. The summed E-state index contributed by atoms with van der Waals surface area (Å²) in [5.41, 5.74) is 0.632. The lowest BCUT2D eigenvalue weighted by Gasteiger charge is -2.09. The summed E-state index contributed by atoms with van der Waals surface area (Å²) in [5.74, 6) is -1.31. The third-order valence-electron chi connectivity index (χ3n) is 3.27. The van der Waals surface area contributed by atoms with E-state index >= 15 is 0 Å². The second-order valence-corrected chi connectivity index (χ2v) is 6.19. The van der Waals surface area contributed by atoms with Crippen molar-refractivity contribution in [1.29, 1.82) is 0 Å². The maximum atomic E-state index is 12.0. The fraction of sp³-hybridized carbons (Fsp3) is 0.0769. The Hall–Kier alpha value is -2.25. The minimum Gasteiger partial charge on any atom is -0.318 e. The van der Waals surface area contributed by atoms with Crippen LogP contribution in [0.3, 0.4) is 0 Å². The molecule has 1 amide bonds. The summed E-state index contributed by atoms with van der Waals surface area (Å²) in [4.78, 5) is 23.2. The van der Waals surface area contributed by atoms with E-state index in [9.17, 15) is 18.0 Å². The smallest absolute Gasteiger partial charge is 0.296 e. The molecule has 0 aromatic heterocycles. The van der Waals surface area contributed by atoms with E-state index in [-0.39, 0.29) is 10.5 Å². The molecule has 3 rings (SSSR count). The van der Waals surface area contributed by atoms with Gasteiger partial charge in [-0.3, -0.25) is 9.59 Å². The summed E-state index contributed by atoms with van der Waals surface area (Å²) in [5, 5.41) is 3.46. The van der Waals surface area contributed by atoms with Crippen LogP contribution >= 0.6 is 0 Å². The molecule has 1 aliphatic rings. The molecule has 6 nitrogen and oxygen atoms in total. The number of anilines is 1. The number of sulfonamides is 1. The Morgan fingerprint density at radius 2 is 1.80 bits per heavy atom. The Morgan fingerprint density at radius 3 is 2.50 bits per heavy atom. The zero-order valence-corrected chi connectivity index (χ0v) is 11.2. The molecule has 0 bridgehead atoms. The molecule has 0 atom stereocenters. The highest BCUT2D eigenvalue weighted by molar-refractivity contribution is 7.89. The van der Waals surface area contributed by atoms with E-state index in [4.69, 9.17) is 0 Å². The number of Topliss-reactive ketones (excluding diaryl/α,β-unsaturated/α-hetero) is 1. The fourth-order valence-corrected chi connectivity index (χ4v) is 3.23. The van der Waals surface area contributed by atoms with E-state index in [0.717, 1.165) is 0 Å². The van der Waals surface area contributed by atoms with Crippen LogP contribution in [-0.4, -0.2) is 27.2 Å². The minimum absolute atomic E-state index is 0.105. The molecule has 1 aliphatic heterocycles. The number of hydrogen-bond acceptors (Lipinski definition) is 4. The van der Waals surface area contributed by atoms with E-state index in [0.29, 0.717) is 16.5 Å². The lowest BCUT2D eigenvalue weighted by atomic mass is 10.0. The third-order valence-corrected chi connectivity index (χ3v) is 4.74. The van der Waals surface area contributed by atoms with Crippen LogP contribution in [0.1, 0.15) is 10.4 Å². The van der Waals surface area contributed by atoms with Gasteiger partial charge in [0.05, 0.1) is 16.1 Å². The van der Waals surface area contributed by atoms with Crippen LogP contribution in [0.4, 0.5) is 5.69 Å². The number of hydrogen-bond donors (Lipinski definition) is 2. The molecule has 0 fully saturated rings. The van der Waals surface area contributed by atoms with Crippen LogP contribution in [0.2, 0.25) is 0 Å². The van der Waals surface area contributed by atoms with Crippen molar-refractivity contribution in [3.8, 4) is 0 Å². The standard InChI is InChI=1S/C13H10N2O4S/c1-14-20(18,19)10-4-2-3-8-7(10)5-6-9-11(8)15-13(17)12(9)16/h2-6,14H,1H3,(H,15,16,17). The van der Waals surface area contributed by atoms with Gasteiger partial charge in [0.15, 0.2) is 0 Å². The number of fused-ring (bicyclic) bond motifs is 3. The summed E-state index contributed by atoms with van der Waals surface area (Å²) in [6.07, 6.45) is 0. The summed E-state index contributed by atoms with van der Waals surface area (Å²) >= 11 is 0. The van der Waals surface area contributed by atoms with Crippen molar-refractivity contribution in [2.24, 2.45) is 0 Å². The number of benzene rings is 2. The fourth-order valence-electron chi connectivity index (χ4n) is 2.29. The van der Waals surface area contributed by atoms with Crippen molar-refractivity contribution in [2.45, 2.75) is 4.90 Å². The molecule has 2 aromatic carbocycles.